The Kier molecular flexibility index (Phi) is 6.48. The van der Waals surface area contributed by atoms with Crippen LogP contribution in [0.15, 0.2) is 60.4 Å². The number of esters is 1. The molecule has 0 amide bonds. The van der Waals surface area contributed by atoms with E-state index < -0.39 is 5.97 Å². The summed E-state index contributed by atoms with van der Waals surface area (Å²) in [6.45, 7) is 3.86. The number of ether oxygens (including phenoxy) is 4. The van der Waals surface area contributed by atoms with Crippen LogP contribution in [0.1, 0.15) is 43.0 Å². The van der Waals surface area contributed by atoms with E-state index in [4.69, 9.17) is 18.9 Å². The van der Waals surface area contributed by atoms with Crippen molar-refractivity contribution in [3.8, 4) is 17.2 Å². The number of allylic oxidation sites excluding steroid dienone is 1. The monoisotopic (exact) mass is 485 g/mol. The average Bonchev–Trinajstić information content (AvgIpc) is 3.22. The van der Waals surface area contributed by atoms with Crippen LogP contribution in [0.5, 0.6) is 17.2 Å². The number of Topliss-reactive ketones (excluding diaryl/α,β-unsaturated/α-hetero) is 1. The first-order chi connectivity index (χ1) is 17.5. The molecule has 184 valence electrons. The van der Waals surface area contributed by atoms with E-state index in [-0.39, 0.29) is 11.5 Å². The van der Waals surface area contributed by atoms with Gasteiger partial charge in [-0.2, -0.15) is 0 Å². The second-order valence-corrected chi connectivity index (χ2v) is 8.81. The summed E-state index contributed by atoms with van der Waals surface area (Å²) in [5, 5.41) is 0. The van der Waals surface area contributed by atoms with Gasteiger partial charge in [0.25, 0.3) is 0 Å². The Balaban J connectivity index is 1.33. The van der Waals surface area contributed by atoms with Crippen molar-refractivity contribution in [3.63, 3.8) is 0 Å². The van der Waals surface area contributed by atoms with Gasteiger partial charge in [-0.3, -0.25) is 9.69 Å². The van der Waals surface area contributed by atoms with Gasteiger partial charge < -0.3 is 18.9 Å². The Morgan fingerprint density at radius 2 is 1.86 bits per heavy atom. The van der Waals surface area contributed by atoms with Gasteiger partial charge in [-0.05, 0) is 54.8 Å². The van der Waals surface area contributed by atoms with Gasteiger partial charge in [-0.25, -0.2) is 4.79 Å². The number of rotatable bonds is 6. The van der Waals surface area contributed by atoms with Crippen molar-refractivity contribution in [3.05, 3.63) is 93.7 Å². The normalized spacial score (nSPS) is 15.6. The highest BCUT2D eigenvalue weighted by Crippen LogP contribution is 2.43. The van der Waals surface area contributed by atoms with Crippen LogP contribution >= 0.6 is 0 Å². The number of methoxy groups -OCH3 is 2. The van der Waals surface area contributed by atoms with E-state index in [1.165, 1.54) is 7.11 Å². The molecule has 3 aromatic rings. The van der Waals surface area contributed by atoms with Crippen LogP contribution in [0.4, 0.5) is 0 Å². The maximum atomic E-state index is 13.2. The minimum atomic E-state index is -0.409. The van der Waals surface area contributed by atoms with Crippen LogP contribution < -0.4 is 14.2 Å². The van der Waals surface area contributed by atoms with Crippen LogP contribution in [0.3, 0.4) is 0 Å². The molecule has 0 aromatic heterocycles. The zero-order chi connectivity index (χ0) is 25.2. The minimum Gasteiger partial charge on any atom is -0.496 e. The van der Waals surface area contributed by atoms with E-state index in [1.807, 2.05) is 31.2 Å². The molecule has 7 heteroatoms. The maximum Gasteiger partial charge on any atom is 0.337 e. The van der Waals surface area contributed by atoms with Crippen molar-refractivity contribution in [2.75, 3.05) is 27.5 Å². The van der Waals surface area contributed by atoms with E-state index >= 15 is 0 Å². The number of ketones is 1. The number of fused-ring (bicyclic) bond motifs is 2. The van der Waals surface area contributed by atoms with Gasteiger partial charge in [0, 0.05) is 24.2 Å². The molecule has 7 nitrogen and oxygen atoms in total. The molecular formula is C29H27NO6. The Labute approximate surface area is 209 Å². The molecule has 36 heavy (non-hydrogen) atoms. The molecule has 0 fully saturated rings. The van der Waals surface area contributed by atoms with Crippen LogP contribution in [0.2, 0.25) is 0 Å². The molecule has 0 aliphatic carbocycles. The SMILES string of the molecule is COC(=O)c1ccc(/C=C2\Oc3c(cc4c(c3C)OCN(CCc3ccccc3OC)C4)C2=O)cc1. The molecule has 2 aliphatic rings. The maximum absolute atomic E-state index is 13.2. The van der Waals surface area contributed by atoms with Crippen LogP contribution in [0.25, 0.3) is 6.08 Å². The molecule has 0 unspecified atom stereocenters. The third kappa shape index (κ3) is 4.45. The van der Waals surface area contributed by atoms with Crippen molar-refractivity contribution in [2.45, 2.75) is 19.9 Å². The number of carbonyl (C=O) groups is 2. The largest absolute Gasteiger partial charge is 0.496 e. The number of hydrogen-bond acceptors (Lipinski definition) is 7. The van der Waals surface area contributed by atoms with Crippen molar-refractivity contribution in [1.29, 1.82) is 0 Å². The lowest BCUT2D eigenvalue weighted by molar-refractivity contribution is 0.0600. The first kappa shape index (κ1) is 23.6. The smallest absolute Gasteiger partial charge is 0.337 e. The Hall–Kier alpha value is -4.10. The second kappa shape index (κ2) is 9.87. The summed E-state index contributed by atoms with van der Waals surface area (Å²) < 4.78 is 22.3. The third-order valence-corrected chi connectivity index (χ3v) is 6.52. The zero-order valence-electron chi connectivity index (χ0n) is 20.5. The van der Waals surface area contributed by atoms with E-state index in [0.717, 1.165) is 46.7 Å². The van der Waals surface area contributed by atoms with Gasteiger partial charge >= 0.3 is 5.97 Å². The van der Waals surface area contributed by atoms with Crippen molar-refractivity contribution in [2.24, 2.45) is 0 Å². The van der Waals surface area contributed by atoms with Gasteiger partial charge in [-0.15, -0.1) is 0 Å². The minimum absolute atomic E-state index is 0.168. The van der Waals surface area contributed by atoms with Crippen LogP contribution in [-0.2, 0) is 17.7 Å². The molecule has 0 N–H and O–H groups in total. The lowest BCUT2D eigenvalue weighted by atomic mass is 9.99. The third-order valence-electron chi connectivity index (χ3n) is 6.52. The van der Waals surface area contributed by atoms with E-state index in [9.17, 15) is 9.59 Å². The lowest BCUT2D eigenvalue weighted by Crippen LogP contribution is -2.34. The molecule has 0 radical (unpaired) electrons. The highest BCUT2D eigenvalue weighted by atomic mass is 16.5. The van der Waals surface area contributed by atoms with E-state index in [2.05, 4.69) is 11.0 Å². The summed E-state index contributed by atoms with van der Waals surface area (Å²) in [5.74, 6) is 1.87. The standard InChI is InChI=1S/C29H27NO6/c1-18-27-22(16-30(17-35-27)13-12-20-6-4-5-7-24(20)33-2)15-23-26(31)25(36-28(18)23)14-19-8-10-21(11-9-19)29(32)34-3/h4-11,14-15H,12-13,16-17H2,1-3H3/b25-14-. The summed E-state index contributed by atoms with van der Waals surface area (Å²) in [6.07, 6.45) is 2.51. The van der Waals surface area contributed by atoms with Gasteiger partial charge in [0.2, 0.25) is 5.78 Å². The van der Waals surface area contributed by atoms with Crippen molar-refractivity contribution in [1.82, 2.24) is 4.90 Å². The topological polar surface area (TPSA) is 74.3 Å². The number of para-hydroxylation sites is 1. The fraction of sp³-hybridized carbons (Fsp3) is 0.241. The van der Waals surface area contributed by atoms with Gasteiger partial charge in [0.1, 0.15) is 24.0 Å². The van der Waals surface area contributed by atoms with Crippen molar-refractivity contribution >= 4 is 17.8 Å². The highest BCUT2D eigenvalue weighted by molar-refractivity contribution is 6.15. The first-order valence-electron chi connectivity index (χ1n) is 11.7. The van der Waals surface area contributed by atoms with E-state index in [1.54, 1.807) is 37.5 Å². The number of benzene rings is 3. The van der Waals surface area contributed by atoms with Gasteiger partial charge in [0.05, 0.1) is 25.3 Å². The van der Waals surface area contributed by atoms with Crippen LogP contribution in [-0.4, -0.2) is 44.1 Å². The summed E-state index contributed by atoms with van der Waals surface area (Å²) >= 11 is 0. The number of carbonyl (C=O) groups excluding carboxylic acids is 2. The summed E-state index contributed by atoms with van der Waals surface area (Å²) in [7, 11) is 3.02. The molecule has 0 atom stereocenters. The zero-order valence-corrected chi connectivity index (χ0v) is 20.5. The molecule has 0 bridgehead atoms. The molecule has 0 saturated heterocycles. The molecule has 2 heterocycles. The molecule has 3 aromatic carbocycles. The Bertz CT molecular complexity index is 1360. The first-order valence-corrected chi connectivity index (χ1v) is 11.7. The molecular weight excluding hydrogens is 458 g/mol. The summed E-state index contributed by atoms with van der Waals surface area (Å²) in [4.78, 5) is 27.1. The predicted molar refractivity (Wildman–Crippen MR) is 134 cm³/mol. The Morgan fingerprint density at radius 3 is 2.61 bits per heavy atom. The summed E-state index contributed by atoms with van der Waals surface area (Å²) in [5.41, 5.74) is 4.67. The fourth-order valence-electron chi connectivity index (χ4n) is 4.61. The predicted octanol–water partition coefficient (Wildman–Crippen LogP) is 4.80. The number of hydrogen-bond donors (Lipinski definition) is 0. The quantitative estimate of drug-likeness (QED) is 0.367. The second-order valence-electron chi connectivity index (χ2n) is 8.81. The molecule has 0 saturated carbocycles. The fourth-order valence-corrected chi connectivity index (χ4v) is 4.61. The van der Waals surface area contributed by atoms with Crippen LogP contribution in [0, 0.1) is 6.92 Å². The van der Waals surface area contributed by atoms with Crippen molar-refractivity contribution < 1.29 is 28.5 Å². The lowest BCUT2D eigenvalue weighted by Gasteiger charge is -2.30. The molecule has 5 rings (SSSR count). The molecule has 0 spiro atoms. The van der Waals surface area contributed by atoms with Gasteiger partial charge in [-0.1, -0.05) is 30.3 Å². The highest BCUT2D eigenvalue weighted by Gasteiger charge is 2.33. The van der Waals surface area contributed by atoms with E-state index in [0.29, 0.717) is 30.2 Å². The number of nitrogens with zero attached hydrogens (tertiary/aromatic N) is 1. The molecule has 2 aliphatic heterocycles. The summed E-state index contributed by atoms with van der Waals surface area (Å²) in [6, 6.07) is 16.7. The average molecular weight is 486 g/mol. The van der Waals surface area contributed by atoms with Gasteiger partial charge in [0.15, 0.2) is 5.76 Å². The Morgan fingerprint density at radius 1 is 1.08 bits per heavy atom.